The molecular formula is C20H25FN2O. The highest BCUT2D eigenvalue weighted by Crippen LogP contribution is 2.10. The Balaban J connectivity index is 1.33. The minimum absolute atomic E-state index is 0.0887. The van der Waals surface area contributed by atoms with Gasteiger partial charge in [0.2, 0.25) is 0 Å². The van der Waals surface area contributed by atoms with Crippen LogP contribution >= 0.6 is 0 Å². The fourth-order valence-corrected chi connectivity index (χ4v) is 3.03. The van der Waals surface area contributed by atoms with Crippen molar-refractivity contribution >= 4 is 0 Å². The van der Waals surface area contributed by atoms with Crippen LogP contribution in [0.2, 0.25) is 0 Å². The third-order valence-corrected chi connectivity index (χ3v) is 4.54. The highest BCUT2D eigenvalue weighted by Gasteiger charge is 2.16. The fourth-order valence-electron chi connectivity index (χ4n) is 3.03. The first kappa shape index (κ1) is 16.9. The summed E-state index contributed by atoms with van der Waals surface area (Å²) in [6, 6.07) is 17.0. The van der Waals surface area contributed by atoms with Crippen molar-refractivity contribution in [3.8, 4) is 5.75 Å². The van der Waals surface area contributed by atoms with E-state index in [0.29, 0.717) is 0 Å². The molecule has 0 radical (unpaired) electrons. The summed E-state index contributed by atoms with van der Waals surface area (Å²) in [7, 11) is 0. The van der Waals surface area contributed by atoms with Crippen LogP contribution in [0, 0.1) is 5.82 Å². The van der Waals surface area contributed by atoms with Crippen molar-refractivity contribution in [3.63, 3.8) is 0 Å². The van der Waals surface area contributed by atoms with Crippen LogP contribution in [0.4, 0.5) is 4.39 Å². The van der Waals surface area contributed by atoms with E-state index >= 15 is 0 Å². The Morgan fingerprint density at radius 2 is 1.42 bits per heavy atom. The third kappa shape index (κ3) is 5.05. The number of ether oxygens (including phenoxy) is 1. The standard InChI is InChI=1S/C20H25FN2O/c21-20-9-5-4-6-18(20)10-11-22-12-14-23(15-13-22)16-17-24-19-7-2-1-3-8-19/h1-9H,10-17H2. The van der Waals surface area contributed by atoms with Crippen LogP contribution in [0.5, 0.6) is 5.75 Å². The van der Waals surface area contributed by atoms with Crippen LogP contribution in [0.15, 0.2) is 54.6 Å². The molecule has 1 fully saturated rings. The van der Waals surface area contributed by atoms with Crippen LogP contribution in [0.25, 0.3) is 0 Å². The number of rotatable bonds is 7. The van der Waals surface area contributed by atoms with E-state index in [4.69, 9.17) is 4.74 Å². The van der Waals surface area contributed by atoms with Gasteiger partial charge in [-0.3, -0.25) is 4.90 Å². The Morgan fingerprint density at radius 1 is 0.792 bits per heavy atom. The number of para-hydroxylation sites is 1. The molecular weight excluding hydrogens is 303 g/mol. The van der Waals surface area contributed by atoms with E-state index in [2.05, 4.69) is 9.80 Å². The molecule has 1 heterocycles. The molecule has 128 valence electrons. The number of hydrogen-bond acceptors (Lipinski definition) is 3. The van der Waals surface area contributed by atoms with Gasteiger partial charge in [-0.2, -0.15) is 0 Å². The van der Waals surface area contributed by atoms with E-state index < -0.39 is 0 Å². The Kier molecular flexibility index (Phi) is 6.21. The summed E-state index contributed by atoms with van der Waals surface area (Å²) in [5.74, 6) is 0.843. The van der Waals surface area contributed by atoms with Gasteiger partial charge < -0.3 is 9.64 Å². The van der Waals surface area contributed by atoms with Gasteiger partial charge in [0.05, 0.1) is 0 Å². The number of hydrogen-bond donors (Lipinski definition) is 0. The molecule has 1 aliphatic rings. The molecule has 2 aromatic carbocycles. The summed E-state index contributed by atoms with van der Waals surface area (Å²) in [6.07, 6.45) is 0.782. The maximum Gasteiger partial charge on any atom is 0.126 e. The monoisotopic (exact) mass is 328 g/mol. The van der Waals surface area contributed by atoms with Gasteiger partial charge in [-0.25, -0.2) is 4.39 Å². The van der Waals surface area contributed by atoms with Gasteiger partial charge in [0.1, 0.15) is 18.2 Å². The molecule has 0 aliphatic carbocycles. The number of nitrogens with zero attached hydrogens (tertiary/aromatic N) is 2. The molecule has 0 aromatic heterocycles. The van der Waals surface area contributed by atoms with Gasteiger partial charge in [0, 0.05) is 39.3 Å². The SMILES string of the molecule is Fc1ccccc1CCN1CCN(CCOc2ccccc2)CC1. The number of benzene rings is 2. The smallest absolute Gasteiger partial charge is 0.126 e. The van der Waals surface area contributed by atoms with Crippen LogP contribution in [-0.4, -0.2) is 55.7 Å². The lowest BCUT2D eigenvalue weighted by Gasteiger charge is -2.34. The minimum atomic E-state index is -0.0887. The van der Waals surface area contributed by atoms with Crippen molar-refractivity contribution in [3.05, 3.63) is 66.0 Å². The van der Waals surface area contributed by atoms with Crippen molar-refractivity contribution in [1.29, 1.82) is 0 Å². The zero-order valence-electron chi connectivity index (χ0n) is 14.0. The maximum absolute atomic E-state index is 13.6. The molecule has 0 unspecified atom stereocenters. The molecule has 0 N–H and O–H groups in total. The third-order valence-electron chi connectivity index (χ3n) is 4.54. The van der Waals surface area contributed by atoms with E-state index in [1.165, 1.54) is 0 Å². The van der Waals surface area contributed by atoms with Gasteiger partial charge >= 0.3 is 0 Å². The lowest BCUT2D eigenvalue weighted by molar-refractivity contribution is 0.117. The van der Waals surface area contributed by atoms with E-state index in [-0.39, 0.29) is 5.82 Å². The predicted octanol–water partition coefficient (Wildman–Crippen LogP) is 3.06. The number of piperazine rings is 1. The first-order valence-corrected chi connectivity index (χ1v) is 8.67. The van der Waals surface area contributed by atoms with Crippen molar-refractivity contribution in [2.45, 2.75) is 6.42 Å². The van der Waals surface area contributed by atoms with Gasteiger partial charge in [0.15, 0.2) is 0 Å². The van der Waals surface area contributed by atoms with Gasteiger partial charge in [0.25, 0.3) is 0 Å². The van der Waals surface area contributed by atoms with Gasteiger partial charge in [-0.1, -0.05) is 36.4 Å². The molecule has 4 heteroatoms. The average molecular weight is 328 g/mol. The molecule has 3 rings (SSSR count). The molecule has 2 aromatic rings. The van der Waals surface area contributed by atoms with Crippen LogP contribution in [-0.2, 0) is 6.42 Å². The highest BCUT2D eigenvalue weighted by molar-refractivity contribution is 5.20. The molecule has 0 saturated carbocycles. The Labute approximate surface area is 143 Å². The maximum atomic E-state index is 13.6. The Morgan fingerprint density at radius 3 is 2.12 bits per heavy atom. The van der Waals surface area contributed by atoms with Crippen molar-refractivity contribution in [2.24, 2.45) is 0 Å². The second-order valence-corrected chi connectivity index (χ2v) is 6.19. The van der Waals surface area contributed by atoms with Crippen molar-refractivity contribution < 1.29 is 9.13 Å². The molecule has 1 saturated heterocycles. The predicted molar refractivity (Wildman–Crippen MR) is 94.9 cm³/mol. The van der Waals surface area contributed by atoms with Crippen molar-refractivity contribution in [1.82, 2.24) is 9.80 Å². The molecule has 1 aliphatic heterocycles. The molecule has 0 spiro atoms. The van der Waals surface area contributed by atoms with Crippen LogP contribution < -0.4 is 4.74 Å². The molecule has 24 heavy (non-hydrogen) atoms. The normalized spacial score (nSPS) is 16.2. The Hall–Kier alpha value is -1.91. The quantitative estimate of drug-likeness (QED) is 0.777. The van der Waals surface area contributed by atoms with E-state index in [0.717, 1.165) is 63.6 Å². The minimum Gasteiger partial charge on any atom is -0.492 e. The molecule has 0 bridgehead atoms. The summed E-state index contributed by atoms with van der Waals surface area (Å²) in [5.41, 5.74) is 0.816. The van der Waals surface area contributed by atoms with Crippen LogP contribution in [0.3, 0.4) is 0 Å². The molecule has 0 atom stereocenters. The highest BCUT2D eigenvalue weighted by atomic mass is 19.1. The Bertz CT molecular complexity index is 612. The summed E-state index contributed by atoms with van der Waals surface area (Å²) in [6.45, 7) is 6.79. The number of halogens is 1. The molecule has 3 nitrogen and oxygen atoms in total. The summed E-state index contributed by atoms with van der Waals surface area (Å²) < 4.78 is 19.4. The van der Waals surface area contributed by atoms with Crippen LogP contribution in [0.1, 0.15) is 5.56 Å². The zero-order valence-corrected chi connectivity index (χ0v) is 14.0. The van der Waals surface area contributed by atoms with Crippen molar-refractivity contribution in [2.75, 3.05) is 45.9 Å². The topological polar surface area (TPSA) is 15.7 Å². The second-order valence-electron chi connectivity index (χ2n) is 6.19. The summed E-state index contributed by atoms with van der Waals surface area (Å²) >= 11 is 0. The lowest BCUT2D eigenvalue weighted by atomic mass is 10.1. The summed E-state index contributed by atoms with van der Waals surface area (Å²) in [5, 5.41) is 0. The van der Waals surface area contributed by atoms with Gasteiger partial charge in [-0.15, -0.1) is 0 Å². The molecule has 0 amide bonds. The lowest BCUT2D eigenvalue weighted by Crippen LogP contribution is -2.47. The van der Waals surface area contributed by atoms with Gasteiger partial charge in [-0.05, 0) is 30.2 Å². The zero-order chi connectivity index (χ0) is 16.6. The average Bonchev–Trinajstić information content (AvgIpc) is 2.63. The first-order chi connectivity index (χ1) is 11.8. The van der Waals surface area contributed by atoms with E-state index in [1.54, 1.807) is 12.1 Å². The second kappa shape index (κ2) is 8.81. The fraction of sp³-hybridized carbons (Fsp3) is 0.400. The summed E-state index contributed by atoms with van der Waals surface area (Å²) in [4.78, 5) is 4.85. The largest absolute Gasteiger partial charge is 0.492 e. The van der Waals surface area contributed by atoms with E-state index in [9.17, 15) is 4.39 Å². The first-order valence-electron chi connectivity index (χ1n) is 8.67. The van der Waals surface area contributed by atoms with E-state index in [1.807, 2.05) is 42.5 Å².